The molecule has 8 nitrogen and oxygen atoms in total. The Labute approximate surface area is 286 Å². The zero-order valence-corrected chi connectivity index (χ0v) is 28.2. The van der Waals surface area contributed by atoms with E-state index in [0.29, 0.717) is 0 Å². The maximum Gasteiger partial charge on any atom is 0.248 e. The van der Waals surface area contributed by atoms with Gasteiger partial charge in [0, 0.05) is 0 Å². The summed E-state index contributed by atoms with van der Waals surface area (Å²) in [6.45, 7) is 0. The molecule has 4 heterocycles. The topological polar surface area (TPSA) is 35.2 Å². The summed E-state index contributed by atoms with van der Waals surface area (Å²) >= 11 is 0. The van der Waals surface area contributed by atoms with Gasteiger partial charge in [0.15, 0.2) is 0 Å². The molecule has 240 valence electrons. The van der Waals surface area contributed by atoms with Crippen molar-refractivity contribution in [2.24, 2.45) is 28.2 Å². The molecule has 0 N–H and O–H groups in total. The second-order valence-electron chi connectivity index (χ2n) is 12.9. The average Bonchev–Trinajstić information content (AvgIpc) is 3.96. The summed E-state index contributed by atoms with van der Waals surface area (Å²) in [5.41, 5.74) is 8.59. The molecule has 0 amide bonds. The normalized spacial score (nSPS) is 11.7. The third-order valence-electron chi connectivity index (χ3n) is 9.47. The second-order valence-corrected chi connectivity index (χ2v) is 12.9. The van der Waals surface area contributed by atoms with E-state index in [-0.39, 0.29) is 0 Å². The molecule has 4 aromatic heterocycles. The Balaban J connectivity index is 1.34. The van der Waals surface area contributed by atoms with Gasteiger partial charge in [-0.1, -0.05) is 48.5 Å². The Hall–Kier alpha value is -6.28. The fourth-order valence-corrected chi connectivity index (χ4v) is 6.95. The molecule has 8 rings (SSSR count). The molecular weight excluding hydrogens is 605 g/mol. The lowest BCUT2D eigenvalue weighted by Crippen LogP contribution is -2.31. The first-order valence-corrected chi connectivity index (χ1v) is 16.4. The SMILES string of the molecule is C[n+]1ccn(-c2ccc(C(c3ccc(-n4cc[n+](C)c4)cc3)(c3ccc(-n4cc[n+](C)c4)cc3)c3ccc(-n4cc[n+](C)c4)cc3)cc2)c1. The van der Waals surface area contributed by atoms with Crippen molar-refractivity contribution in [3.8, 4) is 22.7 Å². The van der Waals surface area contributed by atoms with Crippen LogP contribution in [0.5, 0.6) is 0 Å². The van der Waals surface area contributed by atoms with E-state index in [9.17, 15) is 0 Å². The molecule has 0 saturated carbocycles. The summed E-state index contributed by atoms with van der Waals surface area (Å²) in [4.78, 5) is 0. The number of aryl methyl sites for hydroxylation is 4. The van der Waals surface area contributed by atoms with Crippen molar-refractivity contribution in [2.75, 3.05) is 0 Å². The van der Waals surface area contributed by atoms with Crippen LogP contribution in [-0.4, -0.2) is 18.3 Å². The van der Waals surface area contributed by atoms with Crippen LogP contribution in [-0.2, 0) is 33.6 Å². The molecule has 0 unspecified atom stereocenters. The van der Waals surface area contributed by atoms with Gasteiger partial charge in [-0.3, -0.25) is 0 Å². The van der Waals surface area contributed by atoms with Crippen LogP contribution in [0.15, 0.2) is 172 Å². The van der Waals surface area contributed by atoms with Crippen LogP contribution in [0.25, 0.3) is 22.7 Å². The van der Waals surface area contributed by atoms with E-state index in [0.717, 1.165) is 22.7 Å². The van der Waals surface area contributed by atoms with Crippen molar-refractivity contribution in [1.82, 2.24) is 18.3 Å². The Morgan fingerprint density at radius 1 is 0.327 bits per heavy atom. The molecule has 0 spiro atoms. The number of hydrogen-bond donors (Lipinski definition) is 0. The van der Waals surface area contributed by atoms with Gasteiger partial charge in [0.1, 0.15) is 72.3 Å². The van der Waals surface area contributed by atoms with E-state index < -0.39 is 5.41 Å². The number of rotatable bonds is 8. The molecule has 0 aliphatic carbocycles. The largest absolute Gasteiger partial charge is 0.248 e. The predicted molar refractivity (Wildman–Crippen MR) is 187 cm³/mol. The lowest BCUT2D eigenvalue weighted by Gasteiger charge is -2.37. The first-order valence-electron chi connectivity index (χ1n) is 16.4. The maximum atomic E-state index is 2.29. The van der Waals surface area contributed by atoms with E-state index in [1.165, 1.54) is 22.3 Å². The highest BCUT2D eigenvalue weighted by molar-refractivity contribution is 5.62. The third kappa shape index (κ3) is 5.47. The van der Waals surface area contributed by atoms with Crippen LogP contribution in [0.1, 0.15) is 22.3 Å². The summed E-state index contributed by atoms with van der Waals surface area (Å²) < 4.78 is 16.8. The van der Waals surface area contributed by atoms with Crippen LogP contribution < -0.4 is 18.3 Å². The van der Waals surface area contributed by atoms with Crippen molar-refractivity contribution in [1.29, 1.82) is 0 Å². The van der Waals surface area contributed by atoms with Gasteiger partial charge in [0.2, 0.25) is 25.3 Å². The van der Waals surface area contributed by atoms with Gasteiger partial charge in [-0.25, -0.2) is 36.5 Å². The number of imidazole rings is 4. The molecular formula is C41H40N8+4. The van der Waals surface area contributed by atoms with Gasteiger partial charge in [0.05, 0.1) is 33.6 Å². The van der Waals surface area contributed by atoms with Gasteiger partial charge < -0.3 is 0 Å². The minimum absolute atomic E-state index is 0.612. The Bertz CT molecular complexity index is 2010. The van der Waals surface area contributed by atoms with Crippen LogP contribution >= 0.6 is 0 Å². The summed E-state index contributed by atoms with van der Waals surface area (Å²) in [5, 5.41) is 0. The molecule has 49 heavy (non-hydrogen) atoms. The summed E-state index contributed by atoms with van der Waals surface area (Å²) in [5.74, 6) is 0. The van der Waals surface area contributed by atoms with Crippen molar-refractivity contribution < 1.29 is 18.3 Å². The first-order chi connectivity index (χ1) is 23.9. The lowest BCUT2D eigenvalue weighted by atomic mass is 9.65. The van der Waals surface area contributed by atoms with E-state index >= 15 is 0 Å². The lowest BCUT2D eigenvalue weighted by molar-refractivity contribution is -0.670. The zero-order valence-electron chi connectivity index (χ0n) is 28.2. The Kier molecular flexibility index (Phi) is 7.41. The molecule has 0 radical (unpaired) electrons. The molecule has 0 aliphatic rings. The van der Waals surface area contributed by atoms with Crippen LogP contribution in [0.2, 0.25) is 0 Å². The number of nitrogens with zero attached hydrogens (tertiary/aromatic N) is 8. The third-order valence-corrected chi connectivity index (χ3v) is 9.47. The van der Waals surface area contributed by atoms with Crippen LogP contribution in [0.3, 0.4) is 0 Å². The summed E-state index contributed by atoms with van der Waals surface area (Å²) in [6.07, 6.45) is 24.9. The maximum absolute atomic E-state index is 2.29. The quantitative estimate of drug-likeness (QED) is 0.172. The van der Waals surface area contributed by atoms with E-state index in [2.05, 4.69) is 208 Å². The monoisotopic (exact) mass is 644 g/mol. The molecule has 8 heteroatoms. The highest BCUT2D eigenvalue weighted by atomic mass is 15.1. The predicted octanol–water partition coefficient (Wildman–Crippen LogP) is 4.53. The Morgan fingerprint density at radius 2 is 0.531 bits per heavy atom. The summed E-state index contributed by atoms with van der Waals surface area (Å²) in [7, 11) is 8.17. The molecule has 0 aliphatic heterocycles. The number of aromatic nitrogens is 8. The Morgan fingerprint density at radius 3 is 0.694 bits per heavy atom. The second kappa shape index (κ2) is 12.1. The average molecular weight is 645 g/mol. The van der Waals surface area contributed by atoms with Gasteiger partial charge >= 0.3 is 0 Å². The van der Waals surface area contributed by atoms with Gasteiger partial charge in [-0.2, -0.15) is 0 Å². The minimum atomic E-state index is -0.612. The molecule has 0 atom stereocenters. The highest BCUT2D eigenvalue weighted by Crippen LogP contribution is 2.46. The van der Waals surface area contributed by atoms with E-state index in [1.807, 2.05) is 28.2 Å². The molecule has 0 fully saturated rings. The molecule has 8 aromatic rings. The molecule has 0 bridgehead atoms. The number of benzene rings is 4. The first kappa shape index (κ1) is 30.1. The standard InChI is InChI=1S/C41H40N8/c1-42-21-25-46(29-42)37-13-5-33(6-14-37)41(34-7-15-38(16-8-34)47-26-22-43(2)30-47,35-9-17-39(18-10-35)48-27-23-44(3)31-48)36-11-19-40(20-12-36)49-28-24-45(4)32-49/h5-32H,1-4H3/q+4. The van der Waals surface area contributed by atoms with Crippen molar-refractivity contribution in [3.63, 3.8) is 0 Å². The van der Waals surface area contributed by atoms with Crippen LogP contribution in [0.4, 0.5) is 0 Å². The minimum Gasteiger partial charge on any atom is -0.239 e. The summed E-state index contributed by atoms with van der Waals surface area (Å²) in [6, 6.07) is 36.1. The molecule has 4 aromatic carbocycles. The van der Waals surface area contributed by atoms with Crippen molar-refractivity contribution >= 4 is 0 Å². The van der Waals surface area contributed by atoms with Crippen molar-refractivity contribution in [3.05, 3.63) is 194 Å². The van der Waals surface area contributed by atoms with Gasteiger partial charge in [0.25, 0.3) is 0 Å². The fraction of sp³-hybridized carbons (Fsp3) is 0.122. The van der Waals surface area contributed by atoms with Crippen molar-refractivity contribution in [2.45, 2.75) is 5.41 Å². The van der Waals surface area contributed by atoms with E-state index in [4.69, 9.17) is 0 Å². The van der Waals surface area contributed by atoms with Gasteiger partial charge in [-0.05, 0) is 70.8 Å². The van der Waals surface area contributed by atoms with Gasteiger partial charge in [-0.15, -0.1) is 0 Å². The van der Waals surface area contributed by atoms with Crippen LogP contribution in [0, 0.1) is 0 Å². The van der Waals surface area contributed by atoms with E-state index in [1.54, 1.807) is 0 Å². The smallest absolute Gasteiger partial charge is 0.239 e. The zero-order chi connectivity index (χ0) is 33.5. The fourth-order valence-electron chi connectivity index (χ4n) is 6.95. The number of hydrogen-bond acceptors (Lipinski definition) is 0. The highest BCUT2D eigenvalue weighted by Gasteiger charge is 2.39. The molecule has 0 saturated heterocycles.